The third-order valence-electron chi connectivity index (χ3n) is 8.68. The molecule has 1 unspecified atom stereocenters. The molecular formula is C32H38N4O4S2. The molecule has 4 heterocycles. The fraction of sp³-hybridized carbons (Fsp3) is 0.438. The van der Waals surface area contributed by atoms with Gasteiger partial charge in [-0.3, -0.25) is 14.5 Å². The van der Waals surface area contributed by atoms with Crippen LogP contribution in [0.15, 0.2) is 59.5 Å². The number of sulfonamides is 1. The van der Waals surface area contributed by atoms with Crippen LogP contribution < -0.4 is 5.32 Å². The number of piperidine rings is 1. The van der Waals surface area contributed by atoms with Crippen molar-refractivity contribution in [3.8, 4) is 0 Å². The Kier molecular flexibility index (Phi) is 8.49. The number of hydrogen-bond donors (Lipinski definition) is 1. The Morgan fingerprint density at radius 3 is 2.36 bits per heavy atom. The lowest BCUT2D eigenvalue weighted by molar-refractivity contribution is 0.0792. The summed E-state index contributed by atoms with van der Waals surface area (Å²) in [7, 11) is -3.62. The van der Waals surface area contributed by atoms with Gasteiger partial charge in [0.05, 0.1) is 10.5 Å². The van der Waals surface area contributed by atoms with Gasteiger partial charge in [-0.15, -0.1) is 11.3 Å². The average molecular weight is 607 g/mol. The van der Waals surface area contributed by atoms with Crippen molar-refractivity contribution in [3.05, 3.63) is 81.7 Å². The minimum atomic E-state index is -3.62. The summed E-state index contributed by atoms with van der Waals surface area (Å²) in [5.41, 5.74) is 3.29. The number of thiophene rings is 1. The Hall–Kier alpha value is -3.05. The summed E-state index contributed by atoms with van der Waals surface area (Å²) in [4.78, 5) is 32.8. The maximum atomic E-state index is 13.7. The summed E-state index contributed by atoms with van der Waals surface area (Å²) >= 11 is 1.49. The van der Waals surface area contributed by atoms with Gasteiger partial charge in [0.25, 0.3) is 11.8 Å². The molecule has 1 atom stereocenters. The number of likely N-dealkylation sites (tertiary alicyclic amines) is 1. The van der Waals surface area contributed by atoms with Crippen LogP contribution in [0.1, 0.15) is 75.7 Å². The minimum Gasteiger partial charge on any atom is -0.339 e. The van der Waals surface area contributed by atoms with Gasteiger partial charge in [0, 0.05) is 55.8 Å². The number of anilines is 1. The first-order chi connectivity index (χ1) is 20.3. The summed E-state index contributed by atoms with van der Waals surface area (Å²) in [5, 5.41) is 3.62. The van der Waals surface area contributed by atoms with Crippen LogP contribution in [0, 0.1) is 0 Å². The summed E-state index contributed by atoms with van der Waals surface area (Å²) < 4.78 is 28.1. The molecule has 0 aliphatic carbocycles. The number of nitrogens with one attached hydrogen (secondary N) is 1. The van der Waals surface area contributed by atoms with E-state index < -0.39 is 10.0 Å². The number of amides is 2. The van der Waals surface area contributed by atoms with E-state index in [2.05, 4.69) is 22.3 Å². The number of carbonyl (C=O) groups excluding carboxylic acids is 2. The Bertz CT molecular complexity index is 1550. The van der Waals surface area contributed by atoms with Crippen LogP contribution in [0.2, 0.25) is 0 Å². The molecule has 10 heteroatoms. The quantitative estimate of drug-likeness (QED) is 0.391. The van der Waals surface area contributed by atoms with Crippen LogP contribution >= 0.6 is 11.3 Å². The van der Waals surface area contributed by atoms with E-state index in [1.807, 2.05) is 30.0 Å². The zero-order chi connectivity index (χ0) is 29.3. The molecule has 0 saturated carbocycles. The third-order valence-corrected chi connectivity index (χ3v) is 11.8. The lowest BCUT2D eigenvalue weighted by Gasteiger charge is -2.32. The number of benzene rings is 2. The van der Waals surface area contributed by atoms with Crippen LogP contribution in [0.3, 0.4) is 0 Å². The normalized spacial score (nSPS) is 19.9. The number of carbonyl (C=O) groups is 2. The zero-order valence-electron chi connectivity index (χ0n) is 24.0. The van der Waals surface area contributed by atoms with E-state index in [1.54, 1.807) is 16.4 Å². The van der Waals surface area contributed by atoms with Gasteiger partial charge in [-0.25, -0.2) is 8.42 Å². The highest BCUT2D eigenvalue weighted by molar-refractivity contribution is 7.89. The molecular weight excluding hydrogens is 569 g/mol. The zero-order valence-corrected chi connectivity index (χ0v) is 25.7. The van der Waals surface area contributed by atoms with E-state index in [4.69, 9.17) is 0 Å². The van der Waals surface area contributed by atoms with Crippen LogP contribution in [-0.4, -0.2) is 66.6 Å². The predicted octanol–water partition coefficient (Wildman–Crippen LogP) is 5.36. The molecule has 222 valence electrons. The monoisotopic (exact) mass is 606 g/mol. The van der Waals surface area contributed by atoms with Gasteiger partial charge in [-0.2, -0.15) is 4.31 Å². The summed E-state index contributed by atoms with van der Waals surface area (Å²) in [6.07, 6.45) is 5.49. The summed E-state index contributed by atoms with van der Waals surface area (Å²) in [6.45, 7) is 6.35. The van der Waals surface area contributed by atoms with Crippen LogP contribution in [-0.2, 0) is 29.5 Å². The molecule has 2 saturated heterocycles. The molecule has 3 aliphatic rings. The van der Waals surface area contributed by atoms with Crippen molar-refractivity contribution in [2.45, 2.75) is 69.5 Å². The average Bonchev–Trinajstić information content (AvgIpc) is 3.66. The summed E-state index contributed by atoms with van der Waals surface area (Å²) in [5.74, 6) is -0.352. The summed E-state index contributed by atoms with van der Waals surface area (Å²) in [6, 6.07) is 16.5. The molecule has 0 radical (unpaired) electrons. The lowest BCUT2D eigenvalue weighted by atomic mass is 10.0. The first-order valence-electron chi connectivity index (χ1n) is 14.9. The molecule has 42 heavy (non-hydrogen) atoms. The first kappa shape index (κ1) is 29.0. The molecule has 1 N–H and O–H groups in total. The maximum absolute atomic E-state index is 13.7. The van der Waals surface area contributed by atoms with E-state index >= 15 is 0 Å². The number of nitrogens with zero attached hydrogens (tertiary/aromatic N) is 3. The fourth-order valence-electron chi connectivity index (χ4n) is 6.34. The molecule has 8 nitrogen and oxygen atoms in total. The fourth-order valence-corrected chi connectivity index (χ4v) is 9.32. The van der Waals surface area contributed by atoms with E-state index in [-0.39, 0.29) is 22.8 Å². The van der Waals surface area contributed by atoms with Crippen molar-refractivity contribution in [1.29, 1.82) is 0 Å². The Balaban J connectivity index is 1.23. The first-order valence-corrected chi connectivity index (χ1v) is 17.2. The maximum Gasteiger partial charge on any atom is 0.257 e. The molecule has 3 aromatic rings. The van der Waals surface area contributed by atoms with Gasteiger partial charge < -0.3 is 10.2 Å². The lowest BCUT2D eigenvalue weighted by Crippen LogP contribution is -2.41. The van der Waals surface area contributed by atoms with Gasteiger partial charge in [0.1, 0.15) is 5.00 Å². The number of fused-ring (bicyclic) bond motifs is 1. The van der Waals surface area contributed by atoms with Gasteiger partial charge in [0.15, 0.2) is 0 Å². The topological polar surface area (TPSA) is 90.0 Å². The highest BCUT2D eigenvalue weighted by Gasteiger charge is 2.33. The second-order valence-electron chi connectivity index (χ2n) is 11.6. The van der Waals surface area contributed by atoms with E-state index in [9.17, 15) is 18.0 Å². The smallest absolute Gasteiger partial charge is 0.257 e. The van der Waals surface area contributed by atoms with Crippen molar-refractivity contribution in [1.82, 2.24) is 14.1 Å². The van der Waals surface area contributed by atoms with E-state index in [0.717, 1.165) is 81.7 Å². The molecule has 2 aromatic carbocycles. The second-order valence-corrected chi connectivity index (χ2v) is 14.6. The van der Waals surface area contributed by atoms with Gasteiger partial charge in [-0.1, -0.05) is 36.8 Å². The third kappa shape index (κ3) is 5.90. The number of hydrogen-bond acceptors (Lipinski definition) is 6. The molecule has 2 amide bonds. The highest BCUT2D eigenvalue weighted by atomic mass is 32.2. The van der Waals surface area contributed by atoms with E-state index in [1.165, 1.54) is 29.0 Å². The van der Waals surface area contributed by atoms with Crippen molar-refractivity contribution in [2.24, 2.45) is 0 Å². The van der Waals surface area contributed by atoms with Crippen molar-refractivity contribution in [2.75, 3.05) is 31.5 Å². The Labute approximate surface area is 252 Å². The van der Waals surface area contributed by atoms with Crippen LogP contribution in [0.4, 0.5) is 5.00 Å². The minimum absolute atomic E-state index is 0.00565. The molecule has 0 bridgehead atoms. The number of rotatable bonds is 7. The van der Waals surface area contributed by atoms with Crippen molar-refractivity contribution < 1.29 is 18.0 Å². The van der Waals surface area contributed by atoms with Crippen LogP contribution in [0.5, 0.6) is 0 Å². The predicted molar refractivity (Wildman–Crippen MR) is 165 cm³/mol. The second kappa shape index (κ2) is 12.3. The highest BCUT2D eigenvalue weighted by Crippen LogP contribution is 2.39. The SMILES string of the molecule is CC1CCCCN1S(=O)(=O)c1ccc(C(=O)Nc2sc3c(c2C(=O)N2CCCC2)CCN(Cc2ccccc2)C3)cc1. The van der Waals surface area contributed by atoms with Crippen LogP contribution in [0.25, 0.3) is 0 Å². The van der Waals surface area contributed by atoms with Gasteiger partial charge in [-0.05, 0) is 74.4 Å². The van der Waals surface area contributed by atoms with Crippen molar-refractivity contribution in [3.63, 3.8) is 0 Å². The Morgan fingerprint density at radius 2 is 1.64 bits per heavy atom. The largest absolute Gasteiger partial charge is 0.339 e. The Morgan fingerprint density at radius 1 is 0.929 bits per heavy atom. The molecule has 3 aliphatic heterocycles. The standard InChI is InChI=1S/C32H38N4O4S2/c1-23-9-5-6-19-36(23)42(39,40)26-14-12-25(13-15-26)30(37)33-31-29(32(38)35-17-7-8-18-35)27-16-20-34(22-28(27)41-31)21-24-10-3-2-4-11-24/h2-4,10-15,23H,5-9,16-22H2,1H3,(H,33,37). The van der Waals surface area contributed by atoms with E-state index in [0.29, 0.717) is 22.7 Å². The van der Waals surface area contributed by atoms with Gasteiger partial charge in [0.2, 0.25) is 10.0 Å². The van der Waals surface area contributed by atoms with Crippen molar-refractivity contribution >= 4 is 38.2 Å². The van der Waals surface area contributed by atoms with Gasteiger partial charge >= 0.3 is 0 Å². The molecule has 0 spiro atoms. The molecule has 1 aromatic heterocycles. The molecule has 6 rings (SSSR count). The molecule has 2 fully saturated rings.